The van der Waals surface area contributed by atoms with Crippen molar-refractivity contribution in [1.29, 1.82) is 0 Å². The Balaban J connectivity index is 2.10. The minimum absolute atomic E-state index is 0.259. The van der Waals surface area contributed by atoms with Crippen molar-refractivity contribution in [2.24, 2.45) is 0 Å². The number of ether oxygens (including phenoxy) is 1. The van der Waals surface area contributed by atoms with Crippen LogP contribution in [0.1, 0.15) is 48.5 Å². The van der Waals surface area contributed by atoms with Gasteiger partial charge in [0.1, 0.15) is 11.7 Å². The summed E-state index contributed by atoms with van der Waals surface area (Å²) in [7, 11) is 0. The number of alkyl carbamates (subject to hydrolysis) is 1. The lowest BCUT2D eigenvalue weighted by Crippen LogP contribution is -2.54. The molecule has 2 atom stereocenters. The molecule has 0 saturated heterocycles. The lowest BCUT2D eigenvalue weighted by molar-refractivity contribution is 0.0228. The average Bonchev–Trinajstić information content (AvgIpc) is 2.77. The predicted molar refractivity (Wildman–Crippen MR) is 91.0 cm³/mol. The molecule has 0 aliphatic heterocycles. The molecule has 1 aliphatic carbocycles. The minimum atomic E-state index is -1.71. The Morgan fingerprint density at radius 3 is 2.48 bits per heavy atom. The van der Waals surface area contributed by atoms with E-state index >= 15 is 0 Å². The summed E-state index contributed by atoms with van der Waals surface area (Å²) in [6.07, 6.45) is -0.548. The molecule has 0 unspecified atom stereocenters. The number of carbonyl (C=O) groups excluding carboxylic acids is 2. The second kappa shape index (κ2) is 5.97. The van der Waals surface area contributed by atoms with Crippen molar-refractivity contribution >= 4 is 11.9 Å². The van der Waals surface area contributed by atoms with E-state index < -0.39 is 29.1 Å². The van der Waals surface area contributed by atoms with Crippen LogP contribution in [0.2, 0.25) is 0 Å². The van der Waals surface area contributed by atoms with Crippen LogP contribution in [0.5, 0.6) is 0 Å². The lowest BCUT2D eigenvalue weighted by atomic mass is 9.87. The zero-order chi connectivity index (χ0) is 18.2. The van der Waals surface area contributed by atoms with E-state index in [-0.39, 0.29) is 5.69 Å². The highest BCUT2D eigenvalue weighted by molar-refractivity contribution is 6.09. The van der Waals surface area contributed by atoms with Crippen molar-refractivity contribution in [3.8, 4) is 0 Å². The number of benzene rings is 1. The third-order valence-corrected chi connectivity index (χ3v) is 4.04. The molecule has 1 aromatic heterocycles. The van der Waals surface area contributed by atoms with E-state index in [0.717, 1.165) is 0 Å². The maximum absolute atomic E-state index is 13.2. The van der Waals surface area contributed by atoms with Crippen LogP contribution < -0.4 is 5.32 Å². The van der Waals surface area contributed by atoms with E-state index in [9.17, 15) is 14.7 Å². The molecule has 0 radical (unpaired) electrons. The number of aliphatic hydroxyl groups is 1. The van der Waals surface area contributed by atoms with Gasteiger partial charge in [-0.3, -0.25) is 9.78 Å². The van der Waals surface area contributed by atoms with Gasteiger partial charge in [-0.1, -0.05) is 30.3 Å². The maximum atomic E-state index is 13.2. The first-order valence-electron chi connectivity index (χ1n) is 8.00. The van der Waals surface area contributed by atoms with Crippen LogP contribution in [-0.2, 0) is 10.3 Å². The number of rotatable bonds is 2. The van der Waals surface area contributed by atoms with Gasteiger partial charge in [0.25, 0.3) is 0 Å². The summed E-state index contributed by atoms with van der Waals surface area (Å²) < 4.78 is 5.30. The van der Waals surface area contributed by atoms with Gasteiger partial charge in [-0.25, -0.2) is 4.79 Å². The molecule has 1 aromatic carbocycles. The van der Waals surface area contributed by atoms with Crippen molar-refractivity contribution in [3.05, 3.63) is 65.5 Å². The van der Waals surface area contributed by atoms with Crippen molar-refractivity contribution in [2.75, 3.05) is 0 Å². The summed E-state index contributed by atoms with van der Waals surface area (Å²) in [5.74, 6) is -0.417. The number of carbonyl (C=O) groups is 2. The van der Waals surface area contributed by atoms with Crippen molar-refractivity contribution in [1.82, 2.24) is 10.3 Å². The maximum Gasteiger partial charge on any atom is 0.408 e. The zero-order valence-electron chi connectivity index (χ0n) is 14.3. The number of aliphatic hydroxyl groups excluding tert-OH is 1. The molecular formula is C19H20N2O4. The normalized spacial score (nSPS) is 22.4. The second-order valence-corrected chi connectivity index (χ2v) is 6.97. The van der Waals surface area contributed by atoms with Gasteiger partial charge < -0.3 is 15.2 Å². The highest BCUT2D eigenvalue weighted by atomic mass is 16.6. The fraction of sp³-hybridized carbons (Fsp3) is 0.316. The first kappa shape index (κ1) is 17.1. The number of hydrogen-bond acceptors (Lipinski definition) is 5. The number of ketones is 1. The fourth-order valence-corrected chi connectivity index (χ4v) is 3.02. The topological polar surface area (TPSA) is 88.5 Å². The third kappa shape index (κ3) is 2.89. The number of fused-ring (bicyclic) bond motifs is 1. The molecule has 0 bridgehead atoms. The molecule has 25 heavy (non-hydrogen) atoms. The van der Waals surface area contributed by atoms with Gasteiger partial charge in [-0.15, -0.1) is 0 Å². The summed E-state index contributed by atoms with van der Waals surface area (Å²) >= 11 is 0. The number of nitrogens with one attached hydrogen (secondary N) is 1. The van der Waals surface area contributed by atoms with Crippen LogP contribution >= 0.6 is 0 Å². The van der Waals surface area contributed by atoms with Crippen LogP contribution in [0.3, 0.4) is 0 Å². The molecule has 130 valence electrons. The lowest BCUT2D eigenvalue weighted by Gasteiger charge is -2.32. The molecule has 3 rings (SSSR count). The van der Waals surface area contributed by atoms with Crippen molar-refractivity contribution in [2.45, 2.75) is 38.0 Å². The summed E-state index contributed by atoms with van der Waals surface area (Å²) in [5, 5.41) is 13.5. The van der Waals surface area contributed by atoms with Crippen molar-refractivity contribution in [3.63, 3.8) is 0 Å². The quantitative estimate of drug-likeness (QED) is 0.877. The largest absolute Gasteiger partial charge is 0.444 e. The Kier molecular flexibility index (Phi) is 4.08. The van der Waals surface area contributed by atoms with Crippen LogP contribution in [0.4, 0.5) is 4.79 Å². The Hall–Kier alpha value is -2.73. The molecule has 1 heterocycles. The summed E-state index contributed by atoms with van der Waals surface area (Å²) in [5.41, 5.74) is -1.39. The number of amides is 1. The third-order valence-electron chi connectivity index (χ3n) is 4.04. The van der Waals surface area contributed by atoms with Crippen LogP contribution in [0.25, 0.3) is 0 Å². The van der Waals surface area contributed by atoms with E-state index in [1.54, 1.807) is 63.2 Å². The molecular weight excluding hydrogens is 320 g/mol. The second-order valence-electron chi connectivity index (χ2n) is 6.97. The van der Waals surface area contributed by atoms with Gasteiger partial charge in [-0.2, -0.15) is 0 Å². The monoisotopic (exact) mass is 340 g/mol. The molecule has 0 saturated carbocycles. The van der Waals surface area contributed by atoms with Crippen LogP contribution in [-0.4, -0.2) is 27.6 Å². The fourth-order valence-electron chi connectivity index (χ4n) is 3.02. The molecule has 0 fully saturated rings. The standard InChI is InChI=1S/C19H20N2O4/c1-18(2,3)25-17(24)21-19(14-10-6-7-11-20-14)15(22)12-8-4-5-9-13(12)16(19)23/h4-11,15,22H,1-3H3,(H,21,24)/t15-,19-/m0/s1. The molecule has 1 aliphatic rings. The van der Waals surface area contributed by atoms with Crippen LogP contribution in [0, 0.1) is 0 Å². The highest BCUT2D eigenvalue weighted by Gasteiger charge is 2.56. The highest BCUT2D eigenvalue weighted by Crippen LogP contribution is 2.45. The van der Waals surface area contributed by atoms with E-state index in [1.165, 1.54) is 6.20 Å². The zero-order valence-corrected chi connectivity index (χ0v) is 14.3. The number of pyridine rings is 1. The van der Waals surface area contributed by atoms with Gasteiger partial charge >= 0.3 is 6.09 Å². The van der Waals surface area contributed by atoms with Gasteiger partial charge in [0, 0.05) is 11.8 Å². The Morgan fingerprint density at radius 2 is 1.88 bits per heavy atom. The summed E-state index contributed by atoms with van der Waals surface area (Å²) in [6.45, 7) is 5.17. The Bertz CT molecular complexity index is 814. The number of nitrogens with zero attached hydrogens (tertiary/aromatic N) is 1. The van der Waals surface area contributed by atoms with E-state index in [4.69, 9.17) is 4.74 Å². The summed E-state index contributed by atoms with van der Waals surface area (Å²) in [4.78, 5) is 29.8. The molecule has 6 nitrogen and oxygen atoms in total. The average molecular weight is 340 g/mol. The van der Waals surface area contributed by atoms with E-state index in [0.29, 0.717) is 11.1 Å². The molecule has 6 heteroatoms. The number of Topliss-reactive ketones (excluding diaryl/α,β-unsaturated/α-hetero) is 1. The Morgan fingerprint density at radius 1 is 1.20 bits per heavy atom. The minimum Gasteiger partial charge on any atom is -0.444 e. The number of hydrogen-bond donors (Lipinski definition) is 2. The number of aromatic nitrogens is 1. The predicted octanol–water partition coefficient (Wildman–Crippen LogP) is 2.73. The van der Waals surface area contributed by atoms with Gasteiger partial charge in [-0.05, 0) is 38.5 Å². The SMILES string of the molecule is CC(C)(C)OC(=O)N[C@]1(c2ccccn2)C(=O)c2ccccc2[C@@H]1O. The molecule has 2 N–H and O–H groups in total. The van der Waals surface area contributed by atoms with E-state index in [1.807, 2.05) is 0 Å². The first-order chi connectivity index (χ1) is 11.8. The van der Waals surface area contributed by atoms with Gasteiger partial charge in [0.2, 0.25) is 0 Å². The Labute approximate surface area is 145 Å². The first-order valence-corrected chi connectivity index (χ1v) is 8.00. The summed E-state index contributed by atoms with van der Waals surface area (Å²) in [6, 6.07) is 11.7. The van der Waals surface area contributed by atoms with Crippen LogP contribution in [0.15, 0.2) is 48.7 Å². The molecule has 0 spiro atoms. The van der Waals surface area contributed by atoms with Gasteiger partial charge in [0.15, 0.2) is 11.3 Å². The van der Waals surface area contributed by atoms with E-state index in [2.05, 4.69) is 10.3 Å². The molecule has 2 aromatic rings. The van der Waals surface area contributed by atoms with Crippen molar-refractivity contribution < 1.29 is 19.4 Å². The smallest absolute Gasteiger partial charge is 0.408 e. The molecule has 1 amide bonds. The van der Waals surface area contributed by atoms with Gasteiger partial charge in [0.05, 0.1) is 5.69 Å².